The Kier molecular flexibility index (Phi) is 4.19. The molecule has 1 fully saturated rings. The number of rotatable bonds is 3. The monoisotopic (exact) mass is 263 g/mol. The molecule has 1 heterocycles. The van der Waals surface area contributed by atoms with Gasteiger partial charge in [0.05, 0.1) is 4.83 Å². The number of nitrogens with zero attached hydrogens (tertiary/aromatic N) is 1. The normalized spacial score (nSPS) is 22.2. The van der Waals surface area contributed by atoms with Crippen molar-refractivity contribution in [1.29, 1.82) is 0 Å². The number of halogens is 1. The fourth-order valence-corrected chi connectivity index (χ4v) is 2.04. The van der Waals surface area contributed by atoms with Gasteiger partial charge in [-0.1, -0.05) is 15.9 Å². The summed E-state index contributed by atoms with van der Waals surface area (Å²) in [5.74, 6) is 0.0996. The van der Waals surface area contributed by atoms with Crippen LogP contribution < -0.4 is 11.1 Å². The molecule has 1 atom stereocenters. The summed E-state index contributed by atoms with van der Waals surface area (Å²) in [5, 5.41) is 2.46. The number of urea groups is 1. The molecule has 80 valence electrons. The summed E-state index contributed by atoms with van der Waals surface area (Å²) in [7, 11) is 0. The number of alkyl halides is 1. The predicted molar refractivity (Wildman–Crippen MR) is 56.1 cm³/mol. The molecule has 14 heavy (non-hydrogen) atoms. The molecule has 1 aliphatic rings. The minimum absolute atomic E-state index is 0.0650. The Labute approximate surface area is 91.1 Å². The van der Waals surface area contributed by atoms with Crippen molar-refractivity contribution in [3.8, 4) is 0 Å². The van der Waals surface area contributed by atoms with Crippen LogP contribution in [0.3, 0.4) is 0 Å². The number of hydrogen-bond donors (Lipinski definition) is 2. The summed E-state index contributed by atoms with van der Waals surface area (Å²) in [5.41, 5.74) is 4.91. The molecule has 3 amide bonds. The van der Waals surface area contributed by atoms with Crippen molar-refractivity contribution in [2.45, 2.75) is 17.7 Å². The molecule has 1 unspecified atom stereocenters. The molecule has 1 rings (SSSR count). The second kappa shape index (κ2) is 5.19. The van der Waals surface area contributed by atoms with Crippen LogP contribution in [0.15, 0.2) is 0 Å². The standard InChI is InChI=1S/C8H14BrN3O2/c9-6-2-1-4-12(7(6)13)5-3-11-8(10)14/h6H,1-5H2,(H3,10,11,14). The van der Waals surface area contributed by atoms with Gasteiger partial charge in [-0.3, -0.25) is 4.79 Å². The van der Waals surface area contributed by atoms with Gasteiger partial charge in [-0.25, -0.2) is 4.79 Å². The zero-order chi connectivity index (χ0) is 10.6. The number of primary amides is 1. The van der Waals surface area contributed by atoms with Gasteiger partial charge in [0, 0.05) is 19.6 Å². The lowest BCUT2D eigenvalue weighted by atomic mass is 10.1. The third-order valence-corrected chi connectivity index (χ3v) is 3.00. The first-order valence-corrected chi connectivity index (χ1v) is 5.49. The number of nitrogens with two attached hydrogens (primary N) is 1. The SMILES string of the molecule is NC(=O)NCCN1CCCC(Br)C1=O. The Hall–Kier alpha value is -0.780. The molecule has 0 bridgehead atoms. The maximum Gasteiger partial charge on any atom is 0.312 e. The minimum atomic E-state index is -0.551. The smallest absolute Gasteiger partial charge is 0.312 e. The molecule has 1 aliphatic heterocycles. The fourth-order valence-electron chi connectivity index (χ4n) is 1.43. The lowest BCUT2D eigenvalue weighted by Crippen LogP contribution is -2.45. The van der Waals surface area contributed by atoms with E-state index in [1.54, 1.807) is 4.90 Å². The predicted octanol–water partition coefficient (Wildman–Crippen LogP) is 0.0406. The molecular formula is C8H14BrN3O2. The maximum atomic E-state index is 11.5. The molecule has 1 saturated heterocycles. The number of carbonyl (C=O) groups excluding carboxylic acids is 2. The molecule has 5 nitrogen and oxygen atoms in total. The fraction of sp³-hybridized carbons (Fsp3) is 0.750. The Morgan fingerprint density at radius 3 is 3.07 bits per heavy atom. The first-order chi connectivity index (χ1) is 6.61. The van der Waals surface area contributed by atoms with Crippen molar-refractivity contribution in [3.63, 3.8) is 0 Å². The molecular weight excluding hydrogens is 250 g/mol. The zero-order valence-electron chi connectivity index (χ0n) is 7.83. The van der Waals surface area contributed by atoms with Crippen molar-refractivity contribution in [3.05, 3.63) is 0 Å². The summed E-state index contributed by atoms with van der Waals surface area (Å²) in [4.78, 5) is 23.6. The van der Waals surface area contributed by atoms with E-state index in [0.717, 1.165) is 19.4 Å². The Bertz CT molecular complexity index is 235. The van der Waals surface area contributed by atoms with Gasteiger partial charge in [-0.05, 0) is 12.8 Å². The molecule has 3 N–H and O–H groups in total. The van der Waals surface area contributed by atoms with Crippen molar-refractivity contribution in [2.24, 2.45) is 5.73 Å². The van der Waals surface area contributed by atoms with Gasteiger partial charge in [0.1, 0.15) is 0 Å². The summed E-state index contributed by atoms with van der Waals surface area (Å²) in [6.07, 6.45) is 1.89. The highest BCUT2D eigenvalue weighted by Crippen LogP contribution is 2.17. The van der Waals surface area contributed by atoms with E-state index in [1.807, 2.05) is 0 Å². The molecule has 0 aromatic rings. The summed E-state index contributed by atoms with van der Waals surface area (Å²) < 4.78 is 0. The highest BCUT2D eigenvalue weighted by atomic mass is 79.9. The van der Waals surface area contributed by atoms with Gasteiger partial charge in [-0.2, -0.15) is 0 Å². The summed E-state index contributed by atoms with van der Waals surface area (Å²) >= 11 is 3.31. The van der Waals surface area contributed by atoms with Crippen molar-refractivity contribution >= 4 is 27.9 Å². The van der Waals surface area contributed by atoms with E-state index >= 15 is 0 Å². The van der Waals surface area contributed by atoms with E-state index in [0.29, 0.717) is 13.1 Å². The third kappa shape index (κ3) is 3.17. The molecule has 0 spiro atoms. The van der Waals surface area contributed by atoms with Crippen LogP contribution in [-0.4, -0.2) is 41.3 Å². The van der Waals surface area contributed by atoms with E-state index in [9.17, 15) is 9.59 Å². The Balaban J connectivity index is 2.29. The Morgan fingerprint density at radius 1 is 1.71 bits per heavy atom. The van der Waals surface area contributed by atoms with E-state index in [1.165, 1.54) is 0 Å². The topological polar surface area (TPSA) is 75.4 Å². The van der Waals surface area contributed by atoms with Gasteiger partial charge in [0.2, 0.25) is 5.91 Å². The average Bonchev–Trinajstić information content (AvgIpc) is 2.12. The lowest BCUT2D eigenvalue weighted by molar-refractivity contribution is -0.132. The highest BCUT2D eigenvalue weighted by molar-refractivity contribution is 9.10. The van der Waals surface area contributed by atoms with Gasteiger partial charge in [0.25, 0.3) is 0 Å². The van der Waals surface area contributed by atoms with Crippen LogP contribution in [0.5, 0.6) is 0 Å². The molecule has 0 saturated carbocycles. The second-order valence-corrected chi connectivity index (χ2v) is 4.33. The van der Waals surface area contributed by atoms with Crippen LogP contribution >= 0.6 is 15.9 Å². The largest absolute Gasteiger partial charge is 0.352 e. The number of hydrogen-bond acceptors (Lipinski definition) is 2. The summed E-state index contributed by atoms with van der Waals surface area (Å²) in [6, 6.07) is -0.551. The van der Waals surface area contributed by atoms with Gasteiger partial charge >= 0.3 is 6.03 Å². The van der Waals surface area contributed by atoms with Crippen LogP contribution in [-0.2, 0) is 4.79 Å². The maximum absolute atomic E-state index is 11.5. The quantitative estimate of drug-likeness (QED) is 0.706. The van der Waals surface area contributed by atoms with Crippen LogP contribution in [0.2, 0.25) is 0 Å². The third-order valence-electron chi connectivity index (χ3n) is 2.15. The van der Waals surface area contributed by atoms with Crippen molar-refractivity contribution in [1.82, 2.24) is 10.2 Å². The first-order valence-electron chi connectivity index (χ1n) is 4.57. The van der Waals surface area contributed by atoms with Crippen LogP contribution in [0, 0.1) is 0 Å². The van der Waals surface area contributed by atoms with E-state index in [4.69, 9.17) is 5.73 Å². The van der Waals surface area contributed by atoms with Crippen LogP contribution in [0.1, 0.15) is 12.8 Å². The van der Waals surface area contributed by atoms with E-state index < -0.39 is 6.03 Å². The van der Waals surface area contributed by atoms with E-state index in [-0.39, 0.29) is 10.7 Å². The lowest BCUT2D eigenvalue weighted by Gasteiger charge is -2.29. The van der Waals surface area contributed by atoms with Crippen LogP contribution in [0.25, 0.3) is 0 Å². The van der Waals surface area contributed by atoms with Crippen molar-refractivity contribution in [2.75, 3.05) is 19.6 Å². The number of nitrogens with one attached hydrogen (secondary N) is 1. The number of amides is 3. The molecule has 0 radical (unpaired) electrons. The second-order valence-electron chi connectivity index (χ2n) is 3.23. The molecule has 0 aromatic heterocycles. The highest BCUT2D eigenvalue weighted by Gasteiger charge is 2.25. The van der Waals surface area contributed by atoms with E-state index in [2.05, 4.69) is 21.2 Å². The molecule has 0 aromatic carbocycles. The average molecular weight is 264 g/mol. The Morgan fingerprint density at radius 2 is 2.43 bits per heavy atom. The van der Waals surface area contributed by atoms with Gasteiger partial charge in [-0.15, -0.1) is 0 Å². The number of carbonyl (C=O) groups is 2. The van der Waals surface area contributed by atoms with Gasteiger partial charge in [0.15, 0.2) is 0 Å². The molecule has 0 aliphatic carbocycles. The molecule has 6 heteroatoms. The van der Waals surface area contributed by atoms with Crippen LogP contribution in [0.4, 0.5) is 4.79 Å². The van der Waals surface area contributed by atoms with Gasteiger partial charge < -0.3 is 16.0 Å². The first kappa shape index (κ1) is 11.3. The number of piperidine rings is 1. The minimum Gasteiger partial charge on any atom is -0.352 e. The van der Waals surface area contributed by atoms with Crippen molar-refractivity contribution < 1.29 is 9.59 Å². The summed E-state index contributed by atoms with van der Waals surface area (Å²) in [6.45, 7) is 1.71. The number of likely N-dealkylation sites (tertiary alicyclic amines) is 1. The zero-order valence-corrected chi connectivity index (χ0v) is 9.42.